The van der Waals surface area contributed by atoms with Gasteiger partial charge in [0.25, 0.3) is 0 Å². The molecule has 3 heterocycles. The molecule has 2 saturated carbocycles. The van der Waals surface area contributed by atoms with E-state index in [1.54, 1.807) is 21.9 Å². The smallest absolute Gasteiger partial charge is 0.337 e. The fraction of sp³-hybridized carbons (Fsp3) is 0.536. The van der Waals surface area contributed by atoms with Crippen LogP contribution >= 0.6 is 11.6 Å². The number of nitrogens with zero attached hydrogens (tertiary/aromatic N) is 4. The summed E-state index contributed by atoms with van der Waals surface area (Å²) in [5, 5.41) is 0.626. The Hall–Kier alpha value is -2.65. The van der Waals surface area contributed by atoms with Crippen LogP contribution in [0.3, 0.4) is 0 Å². The highest BCUT2D eigenvalue weighted by atomic mass is 35.5. The lowest BCUT2D eigenvalue weighted by atomic mass is 9.78. The number of hydrogen-bond acceptors (Lipinski definition) is 4. The Morgan fingerprint density at radius 3 is 2.63 bits per heavy atom. The van der Waals surface area contributed by atoms with Crippen LogP contribution in [-0.4, -0.2) is 58.8 Å². The highest BCUT2D eigenvalue weighted by Gasteiger charge is 2.57. The number of carbonyl (C=O) groups is 2. The Labute approximate surface area is 224 Å². The summed E-state index contributed by atoms with van der Waals surface area (Å²) in [7, 11) is 0. The molecule has 1 saturated heterocycles. The molecule has 2 aliphatic carbocycles. The van der Waals surface area contributed by atoms with Crippen LogP contribution < -0.4 is 4.90 Å². The molecule has 1 aromatic heterocycles. The molecule has 0 spiro atoms. The summed E-state index contributed by atoms with van der Waals surface area (Å²) in [6.07, 6.45) is 1.23. The zero-order chi connectivity index (χ0) is 26.7. The van der Waals surface area contributed by atoms with E-state index in [1.165, 1.54) is 0 Å². The van der Waals surface area contributed by atoms with E-state index < -0.39 is 17.2 Å². The maximum Gasteiger partial charge on any atom is 0.417 e. The molecule has 10 heteroatoms. The molecule has 202 valence electrons. The molecule has 0 radical (unpaired) electrons. The van der Waals surface area contributed by atoms with Gasteiger partial charge in [0.2, 0.25) is 11.8 Å². The second-order valence-electron chi connectivity index (χ2n) is 11.1. The fourth-order valence-corrected chi connectivity index (χ4v) is 7.33. The number of anilines is 1. The van der Waals surface area contributed by atoms with Crippen LogP contribution in [0.25, 0.3) is 0 Å². The van der Waals surface area contributed by atoms with Gasteiger partial charge in [-0.15, -0.1) is 0 Å². The van der Waals surface area contributed by atoms with Crippen LogP contribution in [0, 0.1) is 11.3 Å². The van der Waals surface area contributed by atoms with E-state index in [2.05, 4.69) is 9.88 Å². The average molecular weight is 547 g/mol. The van der Waals surface area contributed by atoms with Gasteiger partial charge < -0.3 is 9.80 Å². The quantitative estimate of drug-likeness (QED) is 0.547. The highest BCUT2D eigenvalue weighted by Crippen LogP contribution is 2.56. The third kappa shape index (κ3) is 4.47. The van der Waals surface area contributed by atoms with Crippen LogP contribution in [0.1, 0.15) is 48.9 Å². The molecule has 4 aliphatic rings. The minimum Gasteiger partial charge on any atom is -0.337 e. The SMILES string of the molecule is O=C1CN([C@@H]2C[C@H]3CCC[C@@]3(C(=O)N3CCc4ncc(C(F)(F)F)cc4C3)C2)CCN1c1ccc(Cl)cc1. The number of alkyl halides is 3. The summed E-state index contributed by atoms with van der Waals surface area (Å²) in [6, 6.07) is 8.57. The van der Waals surface area contributed by atoms with Gasteiger partial charge in [-0.1, -0.05) is 18.0 Å². The van der Waals surface area contributed by atoms with Crippen molar-refractivity contribution in [1.82, 2.24) is 14.8 Å². The molecule has 6 rings (SSSR count). The highest BCUT2D eigenvalue weighted by molar-refractivity contribution is 6.30. The first-order valence-electron chi connectivity index (χ1n) is 13.3. The lowest BCUT2D eigenvalue weighted by molar-refractivity contribution is -0.144. The minimum absolute atomic E-state index is 0.0385. The number of aromatic nitrogens is 1. The van der Waals surface area contributed by atoms with Crippen LogP contribution in [0.4, 0.5) is 18.9 Å². The number of amides is 2. The van der Waals surface area contributed by atoms with Crippen molar-refractivity contribution in [3.8, 4) is 0 Å². The molecule has 0 unspecified atom stereocenters. The molecular weight excluding hydrogens is 517 g/mol. The van der Waals surface area contributed by atoms with Crippen molar-refractivity contribution < 1.29 is 22.8 Å². The van der Waals surface area contributed by atoms with Gasteiger partial charge in [0.1, 0.15) is 0 Å². The number of rotatable bonds is 3. The number of piperazine rings is 1. The molecule has 38 heavy (non-hydrogen) atoms. The lowest BCUT2D eigenvalue weighted by Gasteiger charge is -2.39. The van der Waals surface area contributed by atoms with Crippen molar-refractivity contribution in [3.63, 3.8) is 0 Å². The van der Waals surface area contributed by atoms with Gasteiger partial charge in [-0.05, 0) is 67.5 Å². The van der Waals surface area contributed by atoms with Crippen molar-refractivity contribution in [3.05, 3.63) is 58.4 Å². The average Bonchev–Trinajstić information content (AvgIpc) is 3.46. The van der Waals surface area contributed by atoms with Gasteiger partial charge >= 0.3 is 6.18 Å². The molecule has 0 bridgehead atoms. The summed E-state index contributed by atoms with van der Waals surface area (Å²) in [5.74, 6) is 0.346. The number of hydrogen-bond donors (Lipinski definition) is 0. The maximum absolute atomic E-state index is 14.0. The monoisotopic (exact) mass is 546 g/mol. The zero-order valence-electron chi connectivity index (χ0n) is 21.0. The van der Waals surface area contributed by atoms with Gasteiger partial charge in [-0.25, -0.2) is 0 Å². The molecule has 6 nitrogen and oxygen atoms in total. The Morgan fingerprint density at radius 1 is 1.11 bits per heavy atom. The summed E-state index contributed by atoms with van der Waals surface area (Å²) in [6.45, 7) is 2.27. The van der Waals surface area contributed by atoms with Crippen LogP contribution in [0.15, 0.2) is 36.5 Å². The topological polar surface area (TPSA) is 56.8 Å². The normalized spacial score (nSPS) is 27.9. The van der Waals surface area contributed by atoms with E-state index in [-0.39, 0.29) is 30.3 Å². The molecule has 0 N–H and O–H groups in total. The Bertz CT molecular complexity index is 1250. The Balaban J connectivity index is 1.16. The molecule has 3 atom stereocenters. The summed E-state index contributed by atoms with van der Waals surface area (Å²) >= 11 is 6.00. The first kappa shape index (κ1) is 25.6. The van der Waals surface area contributed by atoms with Crippen LogP contribution in [0.2, 0.25) is 5.02 Å². The predicted octanol–water partition coefficient (Wildman–Crippen LogP) is 4.94. The van der Waals surface area contributed by atoms with Crippen LogP contribution in [0.5, 0.6) is 0 Å². The van der Waals surface area contributed by atoms with Crippen molar-refractivity contribution in [2.75, 3.05) is 31.1 Å². The molecule has 2 aliphatic heterocycles. The summed E-state index contributed by atoms with van der Waals surface area (Å²) in [4.78, 5) is 36.9. The van der Waals surface area contributed by atoms with Crippen molar-refractivity contribution >= 4 is 29.1 Å². The molecule has 1 aromatic carbocycles. The van der Waals surface area contributed by atoms with Crippen LogP contribution in [-0.2, 0) is 28.7 Å². The maximum atomic E-state index is 14.0. The third-order valence-electron chi connectivity index (χ3n) is 9.10. The van der Waals surface area contributed by atoms with Crippen molar-refractivity contribution in [2.45, 2.75) is 57.3 Å². The lowest BCUT2D eigenvalue weighted by Crippen LogP contribution is -2.53. The summed E-state index contributed by atoms with van der Waals surface area (Å²) in [5.41, 5.74) is 0.703. The van der Waals surface area contributed by atoms with Gasteiger partial charge in [-0.3, -0.25) is 19.5 Å². The van der Waals surface area contributed by atoms with Gasteiger partial charge in [-0.2, -0.15) is 13.2 Å². The molecule has 2 aromatic rings. The summed E-state index contributed by atoms with van der Waals surface area (Å²) < 4.78 is 39.8. The number of benzene rings is 1. The van der Waals surface area contributed by atoms with E-state index in [0.29, 0.717) is 48.8 Å². The minimum atomic E-state index is -4.46. The van der Waals surface area contributed by atoms with Gasteiger partial charge in [0, 0.05) is 61.2 Å². The number of carbonyl (C=O) groups excluding carboxylic acids is 2. The second-order valence-corrected chi connectivity index (χ2v) is 11.6. The number of halogens is 4. The largest absolute Gasteiger partial charge is 0.417 e. The zero-order valence-corrected chi connectivity index (χ0v) is 21.8. The number of fused-ring (bicyclic) bond motifs is 2. The first-order chi connectivity index (χ1) is 18.1. The predicted molar refractivity (Wildman–Crippen MR) is 137 cm³/mol. The van der Waals surface area contributed by atoms with E-state index in [1.807, 2.05) is 12.1 Å². The fourth-order valence-electron chi connectivity index (χ4n) is 7.20. The van der Waals surface area contributed by atoms with E-state index in [0.717, 1.165) is 50.2 Å². The van der Waals surface area contributed by atoms with Gasteiger partial charge in [0.05, 0.1) is 17.5 Å². The number of pyridine rings is 1. The van der Waals surface area contributed by atoms with E-state index in [4.69, 9.17) is 11.6 Å². The van der Waals surface area contributed by atoms with E-state index in [9.17, 15) is 22.8 Å². The van der Waals surface area contributed by atoms with Gasteiger partial charge in [0.15, 0.2) is 0 Å². The third-order valence-corrected chi connectivity index (χ3v) is 9.35. The Kier molecular flexibility index (Phi) is 6.42. The molecular formula is C28H30ClF3N4O2. The Morgan fingerprint density at radius 2 is 1.89 bits per heavy atom. The van der Waals surface area contributed by atoms with Crippen molar-refractivity contribution in [1.29, 1.82) is 0 Å². The molecule has 2 amide bonds. The first-order valence-corrected chi connectivity index (χ1v) is 13.7. The van der Waals surface area contributed by atoms with E-state index >= 15 is 0 Å². The second kappa shape index (κ2) is 9.52. The molecule has 3 fully saturated rings. The van der Waals surface area contributed by atoms with Crippen molar-refractivity contribution in [2.24, 2.45) is 11.3 Å². The standard InChI is InChI=1S/C28H30ClF3N4O2/c29-21-3-5-22(6-4-21)36-11-10-34(17-25(36)37)23-13-19-2-1-8-27(19,14-23)26(38)35-9-7-24-18(16-35)12-20(15-33-24)28(30,31)32/h3-6,12,15,19,23H,1-2,7-11,13-14,16-17H2/t19-,23-,27-/m1/s1.